The van der Waals surface area contributed by atoms with Crippen molar-refractivity contribution in [2.24, 2.45) is 5.92 Å². The molecular weight excluding hydrogens is 318 g/mol. The zero-order valence-corrected chi connectivity index (χ0v) is 15.3. The van der Waals surface area contributed by atoms with Crippen LogP contribution in [0.3, 0.4) is 0 Å². The van der Waals surface area contributed by atoms with E-state index in [9.17, 15) is 8.42 Å². The molecule has 3 rings (SSSR count). The Hall–Kier alpha value is -1.65. The van der Waals surface area contributed by atoms with Gasteiger partial charge in [-0.25, -0.2) is 8.42 Å². The van der Waals surface area contributed by atoms with Gasteiger partial charge in [0.1, 0.15) is 0 Å². The van der Waals surface area contributed by atoms with Crippen molar-refractivity contribution in [3.63, 3.8) is 0 Å². The zero-order chi connectivity index (χ0) is 17.4. The summed E-state index contributed by atoms with van der Waals surface area (Å²) in [5.41, 5.74) is 1.50. The molecule has 2 atom stereocenters. The van der Waals surface area contributed by atoms with Crippen molar-refractivity contribution in [1.82, 2.24) is 5.32 Å². The smallest absolute Gasteiger partial charge is 0.180 e. The van der Waals surface area contributed by atoms with E-state index in [1.807, 2.05) is 36.4 Å². The first-order chi connectivity index (χ1) is 11.4. The fraction of sp³-hybridized carbons (Fsp3) is 0.400. The Kier molecular flexibility index (Phi) is 4.54. The number of rotatable bonds is 3. The van der Waals surface area contributed by atoms with E-state index >= 15 is 0 Å². The summed E-state index contributed by atoms with van der Waals surface area (Å²) >= 11 is 0. The predicted molar refractivity (Wildman–Crippen MR) is 97.8 cm³/mol. The molecule has 3 nitrogen and oxygen atoms in total. The Labute approximate surface area is 145 Å². The van der Waals surface area contributed by atoms with Gasteiger partial charge in [0.05, 0.1) is 16.7 Å². The van der Waals surface area contributed by atoms with E-state index in [-0.39, 0.29) is 17.7 Å². The van der Waals surface area contributed by atoms with Crippen molar-refractivity contribution in [2.75, 3.05) is 5.75 Å². The van der Waals surface area contributed by atoms with E-state index in [4.69, 9.17) is 0 Å². The second kappa shape index (κ2) is 6.34. The molecule has 0 saturated carbocycles. The molecule has 24 heavy (non-hydrogen) atoms. The van der Waals surface area contributed by atoms with Crippen molar-refractivity contribution < 1.29 is 8.42 Å². The molecule has 0 bridgehead atoms. The summed E-state index contributed by atoms with van der Waals surface area (Å²) in [5, 5.41) is 3.73. The number of hydrogen-bond acceptors (Lipinski definition) is 3. The minimum atomic E-state index is -3.35. The molecule has 0 aliphatic carbocycles. The van der Waals surface area contributed by atoms with Gasteiger partial charge in [-0.15, -0.1) is 0 Å². The maximum Gasteiger partial charge on any atom is 0.180 e. The van der Waals surface area contributed by atoms with Crippen LogP contribution in [-0.2, 0) is 9.84 Å². The normalized spacial score (nSPS) is 25.9. The Bertz CT molecular complexity index is 815. The van der Waals surface area contributed by atoms with Crippen LogP contribution in [0.1, 0.15) is 44.4 Å². The molecule has 128 valence electrons. The topological polar surface area (TPSA) is 46.2 Å². The molecule has 1 aliphatic rings. The number of hydrogen-bond donors (Lipinski definition) is 1. The highest BCUT2D eigenvalue weighted by atomic mass is 32.2. The van der Waals surface area contributed by atoms with Gasteiger partial charge in [0.2, 0.25) is 0 Å². The van der Waals surface area contributed by atoms with Gasteiger partial charge in [-0.2, -0.15) is 0 Å². The Morgan fingerprint density at radius 2 is 1.71 bits per heavy atom. The minimum Gasteiger partial charge on any atom is -0.299 e. The molecule has 2 aromatic carbocycles. The Balaban J connectivity index is 2.26. The lowest BCUT2D eigenvalue weighted by Gasteiger charge is -2.39. The molecule has 0 unspecified atom stereocenters. The molecule has 0 amide bonds. The first-order valence-corrected chi connectivity index (χ1v) is 10.2. The van der Waals surface area contributed by atoms with Crippen LogP contribution in [0.5, 0.6) is 0 Å². The SMILES string of the molecule is CC[C@]1(C(C)C)CS(=O)(=O)c2ccccc2[C@@H](c2ccccc2)N1. The Morgan fingerprint density at radius 3 is 2.33 bits per heavy atom. The standard InChI is InChI=1S/C20H25NO2S/c1-4-20(15(2)3)14-24(22,23)18-13-9-8-12-17(18)19(21-20)16-10-6-5-7-11-16/h5-13,15,19,21H,4,14H2,1-3H3/t19-,20-/m1/s1. The average molecular weight is 343 g/mol. The fourth-order valence-corrected chi connectivity index (χ4v) is 5.97. The van der Waals surface area contributed by atoms with Gasteiger partial charge in [0.25, 0.3) is 0 Å². The third-order valence-corrected chi connectivity index (χ3v) is 7.25. The summed E-state index contributed by atoms with van der Waals surface area (Å²) in [6.45, 7) is 6.27. The quantitative estimate of drug-likeness (QED) is 0.917. The first-order valence-electron chi connectivity index (χ1n) is 8.54. The van der Waals surface area contributed by atoms with Crippen LogP contribution in [0.4, 0.5) is 0 Å². The molecule has 0 radical (unpaired) electrons. The average Bonchev–Trinajstić information content (AvgIpc) is 2.69. The van der Waals surface area contributed by atoms with Crippen LogP contribution in [0.25, 0.3) is 0 Å². The highest BCUT2D eigenvalue weighted by Gasteiger charge is 2.43. The summed E-state index contributed by atoms with van der Waals surface area (Å²) in [6.07, 6.45) is 0.765. The van der Waals surface area contributed by atoms with Crippen molar-refractivity contribution >= 4 is 9.84 Å². The predicted octanol–water partition coefficient (Wildman–Crippen LogP) is 3.96. The van der Waals surface area contributed by atoms with E-state index in [2.05, 4.69) is 38.2 Å². The van der Waals surface area contributed by atoms with E-state index in [1.165, 1.54) is 0 Å². The summed E-state index contributed by atoms with van der Waals surface area (Å²) in [6, 6.07) is 17.4. The number of sulfone groups is 1. The van der Waals surface area contributed by atoms with Crippen molar-refractivity contribution in [1.29, 1.82) is 0 Å². The third kappa shape index (κ3) is 2.89. The summed E-state index contributed by atoms with van der Waals surface area (Å²) < 4.78 is 26.2. The van der Waals surface area contributed by atoms with Gasteiger partial charge in [0, 0.05) is 5.54 Å². The Morgan fingerprint density at radius 1 is 1.08 bits per heavy atom. The molecule has 0 aromatic heterocycles. The van der Waals surface area contributed by atoms with Gasteiger partial charge in [-0.1, -0.05) is 69.3 Å². The highest BCUT2D eigenvalue weighted by Crippen LogP contribution is 2.38. The van der Waals surface area contributed by atoms with Crippen LogP contribution in [0.2, 0.25) is 0 Å². The van der Waals surface area contributed by atoms with E-state index < -0.39 is 15.4 Å². The number of benzene rings is 2. The maximum absolute atomic E-state index is 13.1. The lowest BCUT2D eigenvalue weighted by Crippen LogP contribution is -2.54. The molecule has 0 spiro atoms. The van der Waals surface area contributed by atoms with Crippen LogP contribution in [0, 0.1) is 5.92 Å². The van der Waals surface area contributed by atoms with Crippen molar-refractivity contribution in [2.45, 2.75) is 43.7 Å². The van der Waals surface area contributed by atoms with Gasteiger partial charge in [0.15, 0.2) is 9.84 Å². The second-order valence-corrected chi connectivity index (χ2v) is 8.91. The summed E-state index contributed by atoms with van der Waals surface area (Å²) in [5.74, 6) is 0.340. The van der Waals surface area contributed by atoms with Crippen molar-refractivity contribution in [3.05, 3.63) is 65.7 Å². The van der Waals surface area contributed by atoms with Gasteiger partial charge in [-0.3, -0.25) is 5.32 Å². The lowest BCUT2D eigenvalue weighted by atomic mass is 9.83. The second-order valence-electron chi connectivity index (χ2n) is 6.95. The van der Waals surface area contributed by atoms with E-state index in [1.54, 1.807) is 6.07 Å². The van der Waals surface area contributed by atoms with E-state index in [0.29, 0.717) is 4.90 Å². The number of nitrogens with one attached hydrogen (secondary N) is 1. The largest absolute Gasteiger partial charge is 0.299 e. The third-order valence-electron chi connectivity index (χ3n) is 5.31. The molecule has 1 aliphatic heterocycles. The zero-order valence-electron chi connectivity index (χ0n) is 14.5. The fourth-order valence-electron chi connectivity index (χ4n) is 3.68. The summed E-state index contributed by atoms with van der Waals surface area (Å²) in [4.78, 5) is 0.460. The van der Waals surface area contributed by atoms with Crippen LogP contribution in [-0.4, -0.2) is 19.7 Å². The minimum absolute atomic E-state index is 0.123. The lowest BCUT2D eigenvalue weighted by molar-refractivity contribution is 0.240. The van der Waals surface area contributed by atoms with Crippen LogP contribution in [0.15, 0.2) is 59.5 Å². The van der Waals surface area contributed by atoms with Crippen LogP contribution >= 0.6 is 0 Å². The highest BCUT2D eigenvalue weighted by molar-refractivity contribution is 7.91. The van der Waals surface area contributed by atoms with Gasteiger partial charge in [-0.05, 0) is 29.5 Å². The summed E-state index contributed by atoms with van der Waals surface area (Å²) in [7, 11) is -3.35. The van der Waals surface area contributed by atoms with Crippen LogP contribution < -0.4 is 5.32 Å². The molecule has 1 N–H and O–H groups in total. The van der Waals surface area contributed by atoms with Gasteiger partial charge >= 0.3 is 0 Å². The number of fused-ring (bicyclic) bond motifs is 1. The maximum atomic E-state index is 13.1. The van der Waals surface area contributed by atoms with Crippen molar-refractivity contribution in [3.8, 4) is 0 Å². The molecule has 4 heteroatoms. The first kappa shape index (κ1) is 17.2. The molecule has 1 heterocycles. The molecule has 0 fully saturated rings. The van der Waals surface area contributed by atoms with E-state index in [0.717, 1.165) is 17.5 Å². The van der Waals surface area contributed by atoms with Gasteiger partial charge < -0.3 is 0 Å². The molecule has 2 aromatic rings. The molecule has 0 saturated heterocycles. The molecular formula is C20H25NO2S. The monoisotopic (exact) mass is 343 g/mol.